The van der Waals surface area contributed by atoms with Gasteiger partial charge in [0, 0.05) is 82.4 Å². The van der Waals surface area contributed by atoms with E-state index in [9.17, 15) is 67.7 Å². The Morgan fingerprint density at radius 2 is 0.710 bits per heavy atom. The van der Waals surface area contributed by atoms with Crippen LogP contribution in [-0.4, -0.2) is 95.1 Å². The van der Waals surface area contributed by atoms with Crippen LogP contribution in [0.1, 0.15) is 159 Å². The van der Waals surface area contributed by atoms with Crippen molar-refractivity contribution in [3.8, 4) is 45.7 Å². The van der Waals surface area contributed by atoms with Crippen molar-refractivity contribution in [2.75, 3.05) is 37.9 Å². The smallest absolute Gasteiger partial charge is 0.337 e. The Bertz CT molecular complexity index is 6310. The standard InChI is InChI=1S/2C18H16BrN3O4.2C14H14BrN3O2.C12H10O.C8H14O4.7CH4/c1-9-14(23)13-15(20(2)16(9)24)21(11-7-8-11)18(26)22(17(13)25)12-5-3-10(19)4-6-12;1-9-14(23)13-15(20(2)16(9)24)21(11-5-3-10(19)4-6-11)18(26)22(17(13)25)12-7-8-12;1-16-12-8-13(19)18(11-4-2-9(15)3-5-11)14(20)17(12)10-6-7-10;1-16-12-8-13(19)18(11-6-7-11)14(20)17(12)10-4-2-9(15)3-5-10;1-3-7-11(8-4-1)13-12-9-5-2-6-10-12;1-4-11-7(9)6(3)8(10)12-5-2;;;;;;;/h3-6,11,23H,7-8H2,1-2H3;3-6,12,23H,7-8H2,1-2H3;2-5,8,10,16H,6-7H2,1H3;2-5,8,11,16H,6-7H2,1H3;1-10H;6H,4-5H2,1-3H3;7*1H4. The van der Waals surface area contributed by atoms with Gasteiger partial charge in [-0.2, -0.15) is 0 Å². The van der Waals surface area contributed by atoms with E-state index in [2.05, 4.69) is 83.8 Å². The number of nitrogens with one attached hydrogen (secondary N) is 2. The lowest BCUT2D eigenvalue weighted by Crippen LogP contribution is -2.41. The first-order valence-corrected chi connectivity index (χ1v) is 40.6. The number of carbonyl (C=O) groups is 2. The quantitative estimate of drug-likeness (QED) is 0.0515. The molecule has 12 aromatic rings. The second-order valence-corrected chi connectivity index (χ2v) is 31.3. The second-order valence-electron chi connectivity index (χ2n) is 27.7. The number of fused-ring (bicyclic) bond motifs is 2. The van der Waals surface area contributed by atoms with Crippen LogP contribution in [0.25, 0.3) is 44.8 Å². The molecule has 666 valence electrons. The van der Waals surface area contributed by atoms with Crippen LogP contribution in [0, 0.1) is 19.8 Å². The van der Waals surface area contributed by atoms with Gasteiger partial charge in [0.15, 0.2) is 5.92 Å². The van der Waals surface area contributed by atoms with E-state index in [0.717, 1.165) is 91.0 Å². The number of para-hydroxylation sites is 2. The largest absolute Gasteiger partial charge is 0.506 e. The Morgan fingerprint density at radius 3 is 1.10 bits per heavy atom. The van der Waals surface area contributed by atoms with Gasteiger partial charge in [0.25, 0.3) is 33.4 Å². The number of hydrogen-bond donors (Lipinski definition) is 4. The number of hydrogen-bond acceptors (Lipinski definition) is 19. The first kappa shape index (κ1) is 105. The van der Waals surface area contributed by atoms with Gasteiger partial charge in [-0.25, -0.2) is 37.4 Å². The predicted molar refractivity (Wildman–Crippen MR) is 509 cm³/mol. The van der Waals surface area contributed by atoms with Crippen LogP contribution < -0.4 is 71.5 Å². The molecule has 4 saturated carbocycles. The maximum atomic E-state index is 13.1. The third kappa shape index (κ3) is 23.2. The molecule has 0 atom stereocenters. The van der Waals surface area contributed by atoms with Crippen LogP contribution in [0.15, 0.2) is 236 Å². The van der Waals surface area contributed by atoms with Crippen LogP contribution in [-0.2, 0) is 33.2 Å². The van der Waals surface area contributed by atoms with Crippen LogP contribution in [0.5, 0.6) is 23.0 Å². The molecule has 4 N–H and O–H groups in total. The minimum absolute atomic E-state index is 0. The van der Waals surface area contributed by atoms with Crippen molar-refractivity contribution in [2.45, 2.75) is 162 Å². The number of nitrogens with zero attached hydrogens (tertiary/aromatic N) is 10. The number of pyridine rings is 2. The van der Waals surface area contributed by atoms with Crippen molar-refractivity contribution in [3.63, 3.8) is 0 Å². The van der Waals surface area contributed by atoms with E-state index in [1.165, 1.54) is 83.5 Å². The number of aromatic nitrogens is 10. The summed E-state index contributed by atoms with van der Waals surface area (Å²) in [6.07, 6.45) is 6.81. The molecular formula is C91H112Br4N12O17. The van der Waals surface area contributed by atoms with E-state index in [1.807, 2.05) is 97.1 Å². The van der Waals surface area contributed by atoms with E-state index in [0.29, 0.717) is 28.7 Å². The fourth-order valence-corrected chi connectivity index (χ4v) is 13.8. The molecule has 0 bridgehead atoms. The van der Waals surface area contributed by atoms with Gasteiger partial charge in [0.2, 0.25) is 0 Å². The highest BCUT2D eigenvalue weighted by molar-refractivity contribution is 9.11. The Labute approximate surface area is 752 Å². The van der Waals surface area contributed by atoms with Crippen molar-refractivity contribution < 1.29 is 34.0 Å². The average Bonchev–Trinajstić information content (AvgIpc) is 1.46. The number of aryl methyl sites for hydroxylation is 2. The predicted octanol–water partition coefficient (Wildman–Crippen LogP) is 16.9. The lowest BCUT2D eigenvalue weighted by molar-refractivity contribution is -0.160. The maximum Gasteiger partial charge on any atom is 0.337 e. The molecule has 4 fully saturated rings. The Hall–Kier alpha value is -11.7. The van der Waals surface area contributed by atoms with Crippen molar-refractivity contribution in [1.82, 2.24) is 45.7 Å². The first-order chi connectivity index (χ1) is 56.0. The number of esters is 2. The third-order valence-corrected chi connectivity index (χ3v) is 21.5. The topological polar surface area (TPSA) is 346 Å². The van der Waals surface area contributed by atoms with E-state index in [-0.39, 0.29) is 157 Å². The molecule has 0 radical (unpaired) electrons. The Balaban J connectivity index is 0.000000315. The molecule has 124 heavy (non-hydrogen) atoms. The Kier molecular flexibility index (Phi) is 38.5. The van der Waals surface area contributed by atoms with Crippen molar-refractivity contribution >= 4 is 109 Å². The summed E-state index contributed by atoms with van der Waals surface area (Å²) < 4.78 is 31.6. The van der Waals surface area contributed by atoms with E-state index in [1.54, 1.807) is 93.2 Å². The molecule has 6 aromatic carbocycles. The number of benzene rings is 6. The van der Waals surface area contributed by atoms with E-state index in [4.69, 9.17) is 4.74 Å². The maximum absolute atomic E-state index is 13.1. The van der Waals surface area contributed by atoms with E-state index >= 15 is 0 Å². The number of carbonyl (C=O) groups excluding carboxylic acids is 2. The summed E-state index contributed by atoms with van der Waals surface area (Å²) in [5, 5.41) is 26.9. The average molecular weight is 1970 g/mol. The van der Waals surface area contributed by atoms with Gasteiger partial charge in [-0.3, -0.25) is 65.8 Å². The van der Waals surface area contributed by atoms with E-state index < -0.39 is 51.5 Å². The summed E-state index contributed by atoms with van der Waals surface area (Å²) >= 11 is 13.4. The summed E-state index contributed by atoms with van der Waals surface area (Å²) in [5.41, 5.74) is -1.56. The van der Waals surface area contributed by atoms with Crippen molar-refractivity contribution in [2.24, 2.45) is 20.0 Å². The number of ether oxygens (including phenoxy) is 3. The van der Waals surface area contributed by atoms with Crippen LogP contribution in [0.3, 0.4) is 0 Å². The highest BCUT2D eigenvalue weighted by Gasteiger charge is 2.35. The molecule has 4 aliphatic carbocycles. The highest BCUT2D eigenvalue weighted by Crippen LogP contribution is 2.38. The minimum atomic E-state index is -0.815. The summed E-state index contributed by atoms with van der Waals surface area (Å²) in [4.78, 5) is 149. The van der Waals surface area contributed by atoms with Gasteiger partial charge in [-0.1, -0.05) is 152 Å². The summed E-state index contributed by atoms with van der Waals surface area (Å²) in [6, 6.07) is 50.8. The minimum Gasteiger partial charge on any atom is -0.506 e. The van der Waals surface area contributed by atoms with Gasteiger partial charge in [-0.15, -0.1) is 0 Å². The first-order valence-electron chi connectivity index (χ1n) is 37.4. The van der Waals surface area contributed by atoms with Gasteiger partial charge < -0.3 is 35.1 Å². The molecule has 0 saturated heterocycles. The van der Waals surface area contributed by atoms with Gasteiger partial charge in [0.05, 0.1) is 47.1 Å². The lowest BCUT2D eigenvalue weighted by Gasteiger charge is -2.17. The van der Waals surface area contributed by atoms with Gasteiger partial charge in [-0.05, 0) is 207 Å². The monoisotopic (exact) mass is 1960 g/mol. The molecule has 0 amide bonds. The second kappa shape index (κ2) is 45.6. The van der Waals surface area contributed by atoms with Crippen molar-refractivity contribution in [3.05, 3.63) is 303 Å². The van der Waals surface area contributed by atoms with Crippen LogP contribution in [0.2, 0.25) is 0 Å². The SMILES string of the molecule is C.C.C.C.C.C.C.CCOC(=O)C(C)C(=O)OCC.CNc1cc(=O)n(-c2ccc(Br)cc2)c(=O)n1C1CC1.CNc1cc(=O)n(C2CC2)c(=O)n1-c1ccc(Br)cc1.Cc1c(O)c2c(=O)n(-c3ccc(Br)cc3)c(=O)n(C3CC3)c2n(C)c1=O.Cc1c(O)c2c(=O)n(C3CC3)c(=O)n(-c3ccc(Br)cc3)c2n(C)c1=O.c1ccc(Oc2ccccc2)cc1. The molecule has 33 heteroatoms. The molecule has 16 rings (SSSR count). The number of rotatable bonds is 16. The van der Waals surface area contributed by atoms with Crippen LogP contribution in [0.4, 0.5) is 11.6 Å². The molecule has 0 unspecified atom stereocenters. The fourth-order valence-electron chi connectivity index (χ4n) is 12.8. The molecule has 0 aliphatic heterocycles. The van der Waals surface area contributed by atoms with Gasteiger partial charge in [0.1, 0.15) is 56.7 Å². The number of anilines is 2. The Morgan fingerprint density at radius 1 is 0.395 bits per heavy atom. The molecule has 0 spiro atoms. The summed E-state index contributed by atoms with van der Waals surface area (Å²) in [6.45, 7) is 8.34. The zero-order chi connectivity index (χ0) is 84.5. The molecular weight excluding hydrogens is 1850 g/mol. The zero-order valence-corrected chi connectivity index (χ0v) is 71.5. The summed E-state index contributed by atoms with van der Waals surface area (Å²) in [7, 11) is 6.42. The zero-order valence-electron chi connectivity index (χ0n) is 65.1. The van der Waals surface area contributed by atoms with Crippen molar-refractivity contribution in [1.29, 1.82) is 0 Å². The number of aromatic hydroxyl groups is 2. The van der Waals surface area contributed by atoms with Gasteiger partial charge >= 0.3 is 34.7 Å². The highest BCUT2D eigenvalue weighted by atomic mass is 79.9. The summed E-state index contributed by atoms with van der Waals surface area (Å²) in [5.74, 6) is 0.205. The molecule has 29 nitrogen and oxygen atoms in total. The molecule has 4 aliphatic rings. The molecule has 6 heterocycles. The lowest BCUT2D eigenvalue weighted by atomic mass is 10.2. The fraction of sp³-hybridized carbons (Fsp3) is 0.341. The normalized spacial score (nSPS) is 12.5. The van der Waals surface area contributed by atoms with Crippen LogP contribution >= 0.6 is 63.7 Å². The number of halogens is 4. The molecule has 6 aromatic heterocycles. The third-order valence-electron chi connectivity index (χ3n) is 19.4.